The van der Waals surface area contributed by atoms with Crippen molar-refractivity contribution >= 4 is 37.7 Å². The highest BCUT2D eigenvalue weighted by Gasteiger charge is 2.25. The third kappa shape index (κ3) is 5.70. The van der Waals surface area contributed by atoms with Crippen molar-refractivity contribution in [2.24, 2.45) is 0 Å². The van der Waals surface area contributed by atoms with Crippen molar-refractivity contribution in [3.05, 3.63) is 64.1 Å². The van der Waals surface area contributed by atoms with Gasteiger partial charge in [-0.1, -0.05) is 46.3 Å². The Morgan fingerprint density at radius 2 is 2.04 bits per heavy atom. The van der Waals surface area contributed by atoms with E-state index in [2.05, 4.69) is 26.0 Å². The second-order valence-corrected chi connectivity index (χ2v) is 9.21. The van der Waals surface area contributed by atoms with Gasteiger partial charge in [-0.2, -0.15) is 0 Å². The monoisotopic (exact) mass is 467 g/mol. The molecule has 1 saturated heterocycles. The molecule has 0 spiro atoms. The van der Waals surface area contributed by atoms with Gasteiger partial charge in [-0.15, -0.1) is 0 Å². The minimum atomic E-state index is -3.39. The quantitative estimate of drug-likeness (QED) is 0.706. The van der Waals surface area contributed by atoms with Gasteiger partial charge in [0.05, 0.1) is 25.1 Å². The standard InChI is InChI=1S/C19H22BrN3O4S/c1-28(25,26)22-17-8-3-2-5-15(17)12-21-19(24)23-9-10-27-18(13-23)14-6-4-7-16(20)11-14/h2-8,11,18,22H,9-10,12-13H2,1H3,(H,21,24). The van der Waals surface area contributed by atoms with Gasteiger partial charge >= 0.3 is 6.03 Å². The number of carbonyl (C=O) groups is 1. The third-order valence-electron chi connectivity index (χ3n) is 4.32. The topological polar surface area (TPSA) is 87.7 Å². The molecule has 2 N–H and O–H groups in total. The van der Waals surface area contributed by atoms with E-state index in [4.69, 9.17) is 4.74 Å². The number of para-hydroxylation sites is 1. The minimum absolute atomic E-state index is 0.184. The smallest absolute Gasteiger partial charge is 0.317 e. The Kier molecular flexibility index (Phi) is 6.58. The number of hydrogen-bond acceptors (Lipinski definition) is 4. The van der Waals surface area contributed by atoms with E-state index in [9.17, 15) is 13.2 Å². The number of morpholine rings is 1. The van der Waals surface area contributed by atoms with Gasteiger partial charge < -0.3 is 15.0 Å². The summed E-state index contributed by atoms with van der Waals surface area (Å²) >= 11 is 3.45. The largest absolute Gasteiger partial charge is 0.370 e. The molecule has 1 aliphatic heterocycles. The van der Waals surface area contributed by atoms with Crippen LogP contribution in [0.5, 0.6) is 0 Å². The van der Waals surface area contributed by atoms with Gasteiger partial charge in [-0.25, -0.2) is 13.2 Å². The van der Waals surface area contributed by atoms with Crippen molar-refractivity contribution in [1.82, 2.24) is 10.2 Å². The minimum Gasteiger partial charge on any atom is -0.370 e. The number of nitrogens with one attached hydrogen (secondary N) is 2. The molecule has 0 aromatic heterocycles. The van der Waals surface area contributed by atoms with E-state index in [0.29, 0.717) is 30.9 Å². The number of sulfonamides is 1. The molecule has 0 radical (unpaired) electrons. The Morgan fingerprint density at radius 1 is 1.25 bits per heavy atom. The summed E-state index contributed by atoms with van der Waals surface area (Å²) in [4.78, 5) is 14.3. The number of halogens is 1. The highest BCUT2D eigenvalue weighted by molar-refractivity contribution is 9.10. The van der Waals surface area contributed by atoms with E-state index in [1.807, 2.05) is 24.3 Å². The number of carbonyl (C=O) groups excluding carboxylic acids is 1. The first kappa shape index (κ1) is 20.6. The predicted molar refractivity (Wildman–Crippen MR) is 112 cm³/mol. The molecule has 1 aliphatic rings. The van der Waals surface area contributed by atoms with Crippen LogP contribution in [0.4, 0.5) is 10.5 Å². The number of rotatable bonds is 5. The van der Waals surface area contributed by atoms with E-state index >= 15 is 0 Å². The Bertz CT molecular complexity index is 952. The fourth-order valence-corrected chi connectivity index (χ4v) is 4.01. The van der Waals surface area contributed by atoms with E-state index in [-0.39, 0.29) is 18.7 Å². The molecular weight excluding hydrogens is 446 g/mol. The lowest BCUT2D eigenvalue weighted by molar-refractivity contribution is -0.0155. The normalized spacial score (nSPS) is 17.2. The summed E-state index contributed by atoms with van der Waals surface area (Å²) in [6.45, 7) is 1.62. The zero-order valence-corrected chi connectivity index (χ0v) is 17.8. The van der Waals surface area contributed by atoms with Crippen molar-refractivity contribution in [3.63, 3.8) is 0 Å². The maximum Gasteiger partial charge on any atom is 0.317 e. The summed E-state index contributed by atoms with van der Waals surface area (Å²) in [6.07, 6.45) is 0.911. The Hall–Kier alpha value is -2.10. The van der Waals surface area contributed by atoms with Gasteiger partial charge in [0.2, 0.25) is 10.0 Å². The summed E-state index contributed by atoms with van der Waals surface area (Å²) in [6, 6.07) is 14.6. The van der Waals surface area contributed by atoms with E-state index in [0.717, 1.165) is 16.3 Å². The lowest BCUT2D eigenvalue weighted by atomic mass is 10.1. The van der Waals surface area contributed by atoms with Crippen molar-refractivity contribution in [3.8, 4) is 0 Å². The molecule has 1 fully saturated rings. The predicted octanol–water partition coefficient (Wildman–Crippen LogP) is 3.10. The van der Waals surface area contributed by atoms with Crippen LogP contribution >= 0.6 is 15.9 Å². The second-order valence-electron chi connectivity index (χ2n) is 6.55. The maximum absolute atomic E-state index is 12.6. The Balaban J connectivity index is 1.62. The van der Waals surface area contributed by atoms with E-state index in [1.165, 1.54) is 0 Å². The van der Waals surface area contributed by atoms with Gasteiger partial charge in [-0.05, 0) is 29.3 Å². The molecule has 1 unspecified atom stereocenters. The molecule has 0 saturated carbocycles. The average molecular weight is 468 g/mol. The number of anilines is 1. The van der Waals surface area contributed by atoms with Crippen LogP contribution in [0.1, 0.15) is 17.2 Å². The molecule has 1 heterocycles. The van der Waals surface area contributed by atoms with Crippen LogP contribution in [-0.4, -0.2) is 45.3 Å². The average Bonchev–Trinajstić information content (AvgIpc) is 2.66. The molecule has 0 bridgehead atoms. The third-order valence-corrected chi connectivity index (χ3v) is 5.40. The number of benzene rings is 2. The summed E-state index contributed by atoms with van der Waals surface area (Å²) in [5, 5.41) is 2.87. The number of urea groups is 1. The first-order chi connectivity index (χ1) is 13.3. The summed E-state index contributed by atoms with van der Waals surface area (Å²) in [5.41, 5.74) is 2.16. The summed E-state index contributed by atoms with van der Waals surface area (Å²) < 4.78 is 32.3. The summed E-state index contributed by atoms with van der Waals surface area (Å²) in [5.74, 6) is 0. The van der Waals surface area contributed by atoms with Gasteiger partial charge in [-0.3, -0.25) is 4.72 Å². The van der Waals surface area contributed by atoms with Crippen LogP contribution in [0.25, 0.3) is 0 Å². The number of nitrogens with zero attached hydrogens (tertiary/aromatic N) is 1. The lowest BCUT2D eigenvalue weighted by Crippen LogP contribution is -2.47. The second kappa shape index (κ2) is 8.93. The van der Waals surface area contributed by atoms with Crippen molar-refractivity contribution < 1.29 is 17.9 Å². The Labute approximate surface area is 173 Å². The van der Waals surface area contributed by atoms with Crippen LogP contribution < -0.4 is 10.0 Å². The molecule has 0 aliphatic carbocycles. The fraction of sp³-hybridized carbons (Fsp3) is 0.316. The van der Waals surface area contributed by atoms with Crippen LogP contribution in [0.3, 0.4) is 0 Å². The first-order valence-electron chi connectivity index (χ1n) is 8.77. The molecule has 2 amide bonds. The SMILES string of the molecule is CS(=O)(=O)Nc1ccccc1CNC(=O)N1CCOC(c2cccc(Br)c2)C1. The molecular formula is C19H22BrN3O4S. The maximum atomic E-state index is 12.6. The van der Waals surface area contributed by atoms with Crippen molar-refractivity contribution in [2.45, 2.75) is 12.6 Å². The molecule has 1 atom stereocenters. The molecule has 2 aromatic rings. The van der Waals surface area contributed by atoms with Gasteiger partial charge in [0.1, 0.15) is 6.10 Å². The van der Waals surface area contributed by atoms with Crippen LogP contribution in [0, 0.1) is 0 Å². The lowest BCUT2D eigenvalue weighted by Gasteiger charge is -2.33. The van der Waals surface area contributed by atoms with Crippen LogP contribution in [0.2, 0.25) is 0 Å². The number of amides is 2. The molecule has 150 valence electrons. The molecule has 28 heavy (non-hydrogen) atoms. The highest BCUT2D eigenvalue weighted by Crippen LogP contribution is 2.25. The Morgan fingerprint density at radius 3 is 2.79 bits per heavy atom. The van der Waals surface area contributed by atoms with Crippen LogP contribution in [0.15, 0.2) is 53.0 Å². The summed E-state index contributed by atoms with van der Waals surface area (Å²) in [7, 11) is -3.39. The van der Waals surface area contributed by atoms with Gasteiger partial charge in [0.25, 0.3) is 0 Å². The fourth-order valence-electron chi connectivity index (χ4n) is 3.00. The van der Waals surface area contributed by atoms with Gasteiger partial charge in [0, 0.05) is 17.6 Å². The molecule has 3 rings (SSSR count). The van der Waals surface area contributed by atoms with Crippen molar-refractivity contribution in [1.29, 1.82) is 0 Å². The van der Waals surface area contributed by atoms with E-state index in [1.54, 1.807) is 29.2 Å². The number of hydrogen-bond donors (Lipinski definition) is 2. The van der Waals surface area contributed by atoms with Crippen molar-refractivity contribution in [2.75, 3.05) is 30.7 Å². The number of ether oxygens (including phenoxy) is 1. The molecule has 9 heteroatoms. The first-order valence-corrected chi connectivity index (χ1v) is 11.5. The van der Waals surface area contributed by atoms with Crippen LogP contribution in [-0.2, 0) is 21.3 Å². The zero-order valence-electron chi connectivity index (χ0n) is 15.4. The zero-order chi connectivity index (χ0) is 20.1. The highest BCUT2D eigenvalue weighted by atomic mass is 79.9. The van der Waals surface area contributed by atoms with E-state index < -0.39 is 10.0 Å². The van der Waals surface area contributed by atoms with Gasteiger partial charge in [0.15, 0.2) is 0 Å². The molecule has 2 aromatic carbocycles. The molecule has 7 nitrogen and oxygen atoms in total.